The Morgan fingerprint density at radius 1 is 1.43 bits per heavy atom. The summed E-state index contributed by atoms with van der Waals surface area (Å²) in [5.41, 5.74) is 0.494. The van der Waals surface area contributed by atoms with Crippen LogP contribution in [-0.4, -0.2) is 14.2 Å². The zero-order valence-corrected chi connectivity index (χ0v) is 9.14. The Labute approximate surface area is 85.2 Å². The minimum atomic E-state index is -3.22. The van der Waals surface area contributed by atoms with Crippen LogP contribution in [0.1, 0.15) is 13.8 Å². The summed E-state index contributed by atoms with van der Waals surface area (Å²) < 4.78 is 25.4. The first-order chi connectivity index (χ1) is 6.49. The van der Waals surface area contributed by atoms with Crippen LogP contribution >= 0.6 is 0 Å². The highest BCUT2D eigenvalue weighted by Gasteiger charge is 2.12. The van der Waals surface area contributed by atoms with Crippen molar-refractivity contribution in [3.8, 4) is 0 Å². The molecule has 0 aliphatic carbocycles. The van der Waals surface area contributed by atoms with Crippen molar-refractivity contribution in [2.75, 3.05) is 10.5 Å². The van der Waals surface area contributed by atoms with Gasteiger partial charge in [-0.3, -0.25) is 4.72 Å². The summed E-state index contributed by atoms with van der Waals surface area (Å²) in [7, 11) is -3.22. The van der Waals surface area contributed by atoms with Gasteiger partial charge in [0, 0.05) is 6.07 Å². The number of para-hydroxylation sites is 1. The highest BCUT2D eigenvalue weighted by atomic mass is 32.2. The van der Waals surface area contributed by atoms with Crippen LogP contribution in [0.4, 0.5) is 5.69 Å². The first-order valence-corrected chi connectivity index (χ1v) is 6.12. The lowest BCUT2D eigenvalue weighted by Gasteiger charge is -2.08. The molecule has 0 fully saturated rings. The van der Waals surface area contributed by atoms with Crippen molar-refractivity contribution in [3.05, 3.63) is 30.3 Å². The summed E-state index contributed by atoms with van der Waals surface area (Å²) in [6, 6.07) is 9.72. The second-order valence-corrected chi connectivity index (χ2v) is 5.32. The van der Waals surface area contributed by atoms with Gasteiger partial charge in [0.05, 0.1) is 11.4 Å². The molecule has 1 N–H and O–H groups in total. The van der Waals surface area contributed by atoms with Gasteiger partial charge in [0.2, 0.25) is 10.0 Å². The first-order valence-electron chi connectivity index (χ1n) is 4.47. The molecule has 0 aromatic heterocycles. The van der Waals surface area contributed by atoms with Crippen LogP contribution in [0.25, 0.3) is 0 Å². The van der Waals surface area contributed by atoms with E-state index < -0.39 is 10.0 Å². The smallest absolute Gasteiger partial charge is 0.232 e. The molecule has 0 heterocycles. The number of sulfonamides is 1. The van der Waals surface area contributed by atoms with Crippen LogP contribution in [0, 0.1) is 12.0 Å². The molecule has 0 saturated carbocycles. The van der Waals surface area contributed by atoms with E-state index in [1.807, 2.05) is 13.8 Å². The van der Waals surface area contributed by atoms with E-state index in [2.05, 4.69) is 10.8 Å². The SMILES string of the molecule is CC(C)CS(=O)(=O)Nc1[c]cccc1. The number of hydrogen-bond donors (Lipinski definition) is 1. The predicted octanol–water partition coefficient (Wildman–Crippen LogP) is 1.88. The van der Waals surface area contributed by atoms with Crippen molar-refractivity contribution in [1.82, 2.24) is 0 Å². The van der Waals surface area contributed by atoms with Crippen molar-refractivity contribution in [1.29, 1.82) is 0 Å². The van der Waals surface area contributed by atoms with Crippen molar-refractivity contribution < 1.29 is 8.42 Å². The number of benzene rings is 1. The van der Waals surface area contributed by atoms with Gasteiger partial charge in [-0.1, -0.05) is 32.0 Å². The number of rotatable bonds is 4. The zero-order valence-electron chi connectivity index (χ0n) is 8.32. The molecule has 14 heavy (non-hydrogen) atoms. The summed E-state index contributed by atoms with van der Waals surface area (Å²) >= 11 is 0. The van der Waals surface area contributed by atoms with Gasteiger partial charge in [-0.05, 0) is 12.0 Å². The fraction of sp³-hybridized carbons (Fsp3) is 0.400. The minimum Gasteiger partial charge on any atom is -0.283 e. The van der Waals surface area contributed by atoms with Crippen LogP contribution in [0.15, 0.2) is 24.3 Å². The number of nitrogens with one attached hydrogen (secondary N) is 1. The standard InChI is InChI=1S/C10H14NO2S/c1-9(2)8-14(12,13)11-10-6-4-3-5-7-10/h3-6,9,11H,8H2,1-2H3. The maximum absolute atomic E-state index is 11.5. The highest BCUT2D eigenvalue weighted by Crippen LogP contribution is 2.09. The van der Waals surface area contributed by atoms with E-state index in [1.54, 1.807) is 24.3 Å². The molecule has 1 radical (unpaired) electrons. The van der Waals surface area contributed by atoms with E-state index in [9.17, 15) is 8.42 Å². The molecule has 3 nitrogen and oxygen atoms in total. The Morgan fingerprint density at radius 2 is 2.14 bits per heavy atom. The van der Waals surface area contributed by atoms with Crippen molar-refractivity contribution in [3.63, 3.8) is 0 Å². The number of hydrogen-bond acceptors (Lipinski definition) is 2. The van der Waals surface area contributed by atoms with E-state index in [1.165, 1.54) is 0 Å². The lowest BCUT2D eigenvalue weighted by atomic mass is 10.3. The van der Waals surface area contributed by atoms with Gasteiger partial charge in [-0.25, -0.2) is 8.42 Å². The average molecular weight is 212 g/mol. The Bertz CT molecular complexity index is 370. The van der Waals surface area contributed by atoms with E-state index in [-0.39, 0.29) is 11.7 Å². The minimum absolute atomic E-state index is 0.121. The van der Waals surface area contributed by atoms with Gasteiger partial charge in [-0.2, -0.15) is 0 Å². The molecule has 0 bridgehead atoms. The molecule has 0 saturated heterocycles. The predicted molar refractivity (Wildman–Crippen MR) is 57.5 cm³/mol. The Hall–Kier alpha value is -1.03. The van der Waals surface area contributed by atoms with Crippen LogP contribution in [0.5, 0.6) is 0 Å². The Kier molecular flexibility index (Phi) is 3.52. The third-order valence-corrected chi connectivity index (χ3v) is 3.16. The summed E-state index contributed by atoms with van der Waals surface area (Å²) in [4.78, 5) is 0. The fourth-order valence-electron chi connectivity index (χ4n) is 1.10. The van der Waals surface area contributed by atoms with Crippen LogP contribution in [-0.2, 0) is 10.0 Å². The molecule has 1 aromatic carbocycles. The maximum Gasteiger partial charge on any atom is 0.232 e. The summed E-state index contributed by atoms with van der Waals surface area (Å²) in [6.45, 7) is 3.74. The van der Waals surface area contributed by atoms with Crippen molar-refractivity contribution in [2.24, 2.45) is 5.92 Å². The fourth-order valence-corrected chi connectivity index (χ4v) is 2.53. The van der Waals surface area contributed by atoms with Crippen LogP contribution in [0.2, 0.25) is 0 Å². The van der Waals surface area contributed by atoms with Crippen molar-refractivity contribution >= 4 is 15.7 Å². The summed E-state index contributed by atoms with van der Waals surface area (Å²) in [6.07, 6.45) is 0. The van der Waals surface area contributed by atoms with Gasteiger partial charge in [0.15, 0.2) is 0 Å². The lowest BCUT2D eigenvalue weighted by Crippen LogP contribution is -2.19. The van der Waals surface area contributed by atoms with Crippen molar-refractivity contribution in [2.45, 2.75) is 13.8 Å². The third-order valence-electron chi connectivity index (χ3n) is 1.53. The second kappa shape index (κ2) is 4.46. The van der Waals surface area contributed by atoms with Gasteiger partial charge >= 0.3 is 0 Å². The molecule has 77 valence electrons. The third kappa shape index (κ3) is 3.79. The molecule has 0 aliphatic heterocycles. The van der Waals surface area contributed by atoms with Crippen LogP contribution in [0.3, 0.4) is 0 Å². The quantitative estimate of drug-likeness (QED) is 0.828. The average Bonchev–Trinajstić information content (AvgIpc) is 2.02. The van der Waals surface area contributed by atoms with E-state index in [4.69, 9.17) is 0 Å². The van der Waals surface area contributed by atoms with Crippen LogP contribution < -0.4 is 4.72 Å². The molecule has 0 unspecified atom stereocenters. The summed E-state index contributed by atoms with van der Waals surface area (Å²) in [5.74, 6) is 0.256. The normalized spacial score (nSPS) is 11.6. The topological polar surface area (TPSA) is 46.2 Å². The molecule has 0 amide bonds. The largest absolute Gasteiger partial charge is 0.283 e. The number of anilines is 1. The van der Waals surface area contributed by atoms with E-state index in [0.717, 1.165) is 0 Å². The van der Waals surface area contributed by atoms with Gasteiger partial charge in [-0.15, -0.1) is 0 Å². The molecule has 0 atom stereocenters. The monoisotopic (exact) mass is 212 g/mol. The molecule has 0 aliphatic rings. The molecule has 0 spiro atoms. The second-order valence-electron chi connectivity index (χ2n) is 3.55. The molecule has 1 aromatic rings. The molecular formula is C10H14NO2S. The zero-order chi connectivity index (χ0) is 10.6. The molecular weight excluding hydrogens is 198 g/mol. The van der Waals surface area contributed by atoms with E-state index >= 15 is 0 Å². The maximum atomic E-state index is 11.5. The lowest BCUT2D eigenvalue weighted by molar-refractivity contribution is 0.587. The Morgan fingerprint density at radius 3 is 2.64 bits per heavy atom. The van der Waals surface area contributed by atoms with Gasteiger partial charge in [0.1, 0.15) is 0 Å². The summed E-state index contributed by atoms with van der Waals surface area (Å²) in [5, 5.41) is 0. The molecule has 1 rings (SSSR count). The highest BCUT2D eigenvalue weighted by molar-refractivity contribution is 7.92. The van der Waals surface area contributed by atoms with Gasteiger partial charge < -0.3 is 0 Å². The van der Waals surface area contributed by atoms with Gasteiger partial charge in [0.25, 0.3) is 0 Å². The van der Waals surface area contributed by atoms with E-state index in [0.29, 0.717) is 5.69 Å². The Balaban J connectivity index is 2.70. The molecule has 4 heteroatoms. The first kappa shape index (κ1) is 11.0.